The van der Waals surface area contributed by atoms with Crippen molar-refractivity contribution in [2.75, 3.05) is 0 Å². The van der Waals surface area contributed by atoms with Gasteiger partial charge in [0.25, 0.3) is 0 Å². The molecule has 0 unspecified atom stereocenters. The lowest BCUT2D eigenvalue weighted by Gasteiger charge is -2.07. The number of halogens is 2. The Labute approximate surface area is 115 Å². The van der Waals surface area contributed by atoms with E-state index in [1.165, 1.54) is 0 Å². The zero-order valence-corrected chi connectivity index (χ0v) is 12.0. The average molecular weight is 287 g/mol. The zero-order chi connectivity index (χ0) is 12.4. The van der Waals surface area contributed by atoms with Gasteiger partial charge < -0.3 is 0 Å². The number of aromatic nitrogens is 2. The van der Waals surface area contributed by atoms with E-state index in [-0.39, 0.29) is 0 Å². The van der Waals surface area contributed by atoms with Crippen LogP contribution in [0.5, 0.6) is 0 Å². The van der Waals surface area contributed by atoms with Crippen LogP contribution in [-0.4, -0.2) is 9.97 Å². The van der Waals surface area contributed by atoms with Crippen molar-refractivity contribution < 1.29 is 0 Å². The van der Waals surface area contributed by atoms with Crippen molar-refractivity contribution in [3.63, 3.8) is 0 Å². The minimum atomic E-state index is 0.465. The van der Waals surface area contributed by atoms with Crippen molar-refractivity contribution in [3.8, 4) is 11.4 Å². The molecule has 0 bridgehead atoms. The molecule has 0 aliphatic rings. The van der Waals surface area contributed by atoms with E-state index in [4.69, 9.17) is 23.2 Å². The Kier molecular flexibility index (Phi) is 4.02. The molecule has 0 saturated heterocycles. The summed E-state index contributed by atoms with van der Waals surface area (Å²) >= 11 is 13.9. The average Bonchev–Trinajstić information content (AvgIpc) is 2.69. The lowest BCUT2D eigenvalue weighted by molar-refractivity contribution is 0.903. The number of hydrogen-bond donors (Lipinski definition) is 0. The minimum absolute atomic E-state index is 0.465. The predicted octanol–water partition coefficient (Wildman–Crippen LogP) is 4.77. The maximum atomic E-state index is 6.15. The van der Waals surface area contributed by atoms with Crippen LogP contribution < -0.4 is 0 Å². The van der Waals surface area contributed by atoms with Crippen LogP contribution >= 0.6 is 34.5 Å². The first-order valence-electron chi connectivity index (χ1n) is 5.38. The standard InChI is InChI=1S/C12H12Cl2N2S/c1-3-4-8-10(13)15-12(16-11(8)14)9-6-17-5-7(9)2/h5-6H,3-4H2,1-2H3. The van der Waals surface area contributed by atoms with E-state index in [1.807, 2.05) is 12.3 Å². The van der Waals surface area contributed by atoms with Gasteiger partial charge in [-0.1, -0.05) is 36.5 Å². The molecule has 2 aromatic heterocycles. The Bertz CT molecular complexity index is 514. The van der Waals surface area contributed by atoms with E-state index in [0.29, 0.717) is 16.1 Å². The Morgan fingerprint density at radius 3 is 2.29 bits per heavy atom. The summed E-state index contributed by atoms with van der Waals surface area (Å²) in [6, 6.07) is 0. The summed E-state index contributed by atoms with van der Waals surface area (Å²) in [6.45, 7) is 4.10. The van der Waals surface area contributed by atoms with Crippen LogP contribution in [0.4, 0.5) is 0 Å². The van der Waals surface area contributed by atoms with Crippen LogP contribution in [0.15, 0.2) is 10.8 Å². The van der Waals surface area contributed by atoms with Gasteiger partial charge in [0.1, 0.15) is 10.3 Å². The molecule has 0 aliphatic heterocycles. The predicted molar refractivity (Wildman–Crippen MR) is 74.1 cm³/mol. The molecule has 2 rings (SSSR count). The van der Waals surface area contributed by atoms with Gasteiger partial charge in [0.05, 0.1) is 0 Å². The van der Waals surface area contributed by atoms with Crippen LogP contribution in [0.2, 0.25) is 10.3 Å². The summed E-state index contributed by atoms with van der Waals surface area (Å²) in [5.74, 6) is 0.610. The number of nitrogens with zero attached hydrogens (tertiary/aromatic N) is 2. The van der Waals surface area contributed by atoms with Gasteiger partial charge in [-0.25, -0.2) is 9.97 Å². The third kappa shape index (κ3) is 2.62. The SMILES string of the molecule is CCCc1c(Cl)nc(-c2cscc2C)nc1Cl. The lowest BCUT2D eigenvalue weighted by atomic mass is 10.2. The summed E-state index contributed by atoms with van der Waals surface area (Å²) in [6.07, 6.45) is 1.78. The molecule has 0 radical (unpaired) electrons. The molecule has 0 spiro atoms. The highest BCUT2D eigenvalue weighted by Gasteiger charge is 2.13. The maximum Gasteiger partial charge on any atom is 0.163 e. The van der Waals surface area contributed by atoms with E-state index in [9.17, 15) is 0 Å². The first-order chi connectivity index (χ1) is 8.13. The van der Waals surface area contributed by atoms with Crippen LogP contribution in [0, 0.1) is 6.92 Å². The van der Waals surface area contributed by atoms with Crippen molar-refractivity contribution in [1.82, 2.24) is 9.97 Å². The molecule has 0 aromatic carbocycles. The van der Waals surface area contributed by atoms with Crippen LogP contribution in [0.25, 0.3) is 11.4 Å². The summed E-state index contributed by atoms with van der Waals surface area (Å²) in [4.78, 5) is 8.66. The number of aryl methyl sites for hydroxylation is 1. The van der Waals surface area contributed by atoms with Crippen molar-refractivity contribution in [1.29, 1.82) is 0 Å². The summed E-state index contributed by atoms with van der Waals surface area (Å²) in [5, 5.41) is 5.00. The summed E-state index contributed by atoms with van der Waals surface area (Å²) < 4.78 is 0. The zero-order valence-electron chi connectivity index (χ0n) is 9.63. The Balaban J connectivity index is 2.49. The molecular formula is C12H12Cl2N2S. The fourth-order valence-corrected chi connectivity index (χ4v) is 3.00. The maximum absolute atomic E-state index is 6.15. The second-order valence-electron chi connectivity index (χ2n) is 3.83. The van der Waals surface area contributed by atoms with Crippen molar-refractivity contribution in [2.45, 2.75) is 26.7 Å². The van der Waals surface area contributed by atoms with Crippen molar-refractivity contribution in [2.24, 2.45) is 0 Å². The fourth-order valence-electron chi connectivity index (χ4n) is 1.60. The van der Waals surface area contributed by atoms with Gasteiger partial charge in [-0.15, -0.1) is 0 Å². The first kappa shape index (κ1) is 12.8. The molecule has 0 saturated carbocycles. The number of thiophene rings is 1. The highest BCUT2D eigenvalue weighted by molar-refractivity contribution is 7.08. The van der Waals surface area contributed by atoms with Crippen molar-refractivity contribution >= 4 is 34.5 Å². The summed E-state index contributed by atoms with van der Waals surface area (Å²) in [5.41, 5.74) is 2.99. The lowest BCUT2D eigenvalue weighted by Crippen LogP contribution is -1.97. The highest BCUT2D eigenvalue weighted by Crippen LogP contribution is 2.29. The molecule has 2 aromatic rings. The second-order valence-corrected chi connectivity index (χ2v) is 5.29. The first-order valence-corrected chi connectivity index (χ1v) is 7.08. The van der Waals surface area contributed by atoms with Gasteiger partial charge in [0.15, 0.2) is 5.82 Å². The van der Waals surface area contributed by atoms with Crippen molar-refractivity contribution in [3.05, 3.63) is 32.2 Å². The molecule has 0 aliphatic carbocycles. The second kappa shape index (κ2) is 5.34. The van der Waals surface area contributed by atoms with E-state index < -0.39 is 0 Å². The minimum Gasteiger partial charge on any atom is -0.216 e. The molecule has 90 valence electrons. The van der Waals surface area contributed by atoms with E-state index in [0.717, 1.165) is 29.5 Å². The van der Waals surface area contributed by atoms with Crippen LogP contribution in [0.1, 0.15) is 24.5 Å². The third-order valence-electron chi connectivity index (χ3n) is 2.50. The largest absolute Gasteiger partial charge is 0.216 e. The topological polar surface area (TPSA) is 25.8 Å². The monoisotopic (exact) mass is 286 g/mol. The molecular weight excluding hydrogens is 275 g/mol. The quantitative estimate of drug-likeness (QED) is 0.760. The van der Waals surface area contributed by atoms with Gasteiger partial charge in [-0.2, -0.15) is 11.3 Å². The highest BCUT2D eigenvalue weighted by atomic mass is 35.5. The van der Waals surface area contributed by atoms with Gasteiger partial charge in [-0.05, 0) is 24.3 Å². The van der Waals surface area contributed by atoms with Crippen LogP contribution in [0.3, 0.4) is 0 Å². The number of hydrogen-bond acceptors (Lipinski definition) is 3. The molecule has 17 heavy (non-hydrogen) atoms. The van der Waals surface area contributed by atoms with Gasteiger partial charge in [0.2, 0.25) is 0 Å². The molecule has 0 atom stereocenters. The normalized spacial score (nSPS) is 10.8. The molecule has 0 N–H and O–H groups in total. The molecule has 2 heterocycles. The molecule has 0 amide bonds. The van der Waals surface area contributed by atoms with Gasteiger partial charge in [0, 0.05) is 16.5 Å². The fraction of sp³-hybridized carbons (Fsp3) is 0.333. The smallest absolute Gasteiger partial charge is 0.163 e. The number of rotatable bonds is 3. The van der Waals surface area contributed by atoms with Gasteiger partial charge in [-0.3, -0.25) is 0 Å². The Morgan fingerprint density at radius 1 is 1.18 bits per heavy atom. The summed E-state index contributed by atoms with van der Waals surface area (Å²) in [7, 11) is 0. The van der Waals surface area contributed by atoms with Crippen LogP contribution in [-0.2, 0) is 6.42 Å². The molecule has 0 fully saturated rings. The molecule has 2 nitrogen and oxygen atoms in total. The Hall–Kier alpha value is -0.640. The molecule has 5 heteroatoms. The van der Waals surface area contributed by atoms with E-state index in [2.05, 4.69) is 22.3 Å². The Morgan fingerprint density at radius 2 is 1.82 bits per heavy atom. The van der Waals surface area contributed by atoms with Gasteiger partial charge >= 0.3 is 0 Å². The third-order valence-corrected chi connectivity index (χ3v) is 3.99. The van der Waals surface area contributed by atoms with E-state index >= 15 is 0 Å². The van der Waals surface area contributed by atoms with E-state index in [1.54, 1.807) is 11.3 Å².